The first-order valence-corrected chi connectivity index (χ1v) is 7.88. The average molecular weight is 335 g/mol. The molecule has 0 saturated heterocycles. The lowest BCUT2D eigenvalue weighted by Gasteiger charge is -2.19. The highest BCUT2D eigenvalue weighted by Gasteiger charge is 2.17. The molecule has 3 nitrogen and oxygen atoms in total. The molecule has 20 heavy (non-hydrogen) atoms. The fraction of sp³-hybridized carbons (Fsp3) is 0.429. The third kappa shape index (κ3) is 6.16. The highest BCUT2D eigenvalue weighted by atomic mass is 35.5. The van der Waals surface area contributed by atoms with Crippen LogP contribution in [0.5, 0.6) is 0 Å². The summed E-state index contributed by atoms with van der Waals surface area (Å²) in [6.07, 6.45) is 0. The maximum Gasteiger partial charge on any atom is 0.316 e. The molecule has 0 heterocycles. The van der Waals surface area contributed by atoms with Crippen molar-refractivity contribution in [1.82, 2.24) is 0 Å². The highest BCUT2D eigenvalue weighted by Crippen LogP contribution is 2.22. The number of hydrogen-bond donors (Lipinski definition) is 0. The summed E-state index contributed by atoms with van der Waals surface area (Å²) in [4.78, 5) is 23.4. The van der Waals surface area contributed by atoms with Gasteiger partial charge in [0.2, 0.25) is 0 Å². The Morgan fingerprint density at radius 2 is 1.85 bits per heavy atom. The third-order valence-electron chi connectivity index (χ3n) is 2.10. The van der Waals surface area contributed by atoms with Crippen LogP contribution >= 0.6 is 35.0 Å². The van der Waals surface area contributed by atoms with Crippen LogP contribution in [0.4, 0.5) is 0 Å². The smallest absolute Gasteiger partial charge is 0.316 e. The molecule has 110 valence electrons. The number of Topliss-reactive ketones (excluding diaryl/α,β-unsaturated/α-hetero) is 1. The van der Waals surface area contributed by atoms with Gasteiger partial charge >= 0.3 is 5.97 Å². The van der Waals surface area contributed by atoms with E-state index < -0.39 is 5.60 Å². The van der Waals surface area contributed by atoms with E-state index in [1.807, 2.05) is 0 Å². The van der Waals surface area contributed by atoms with Crippen LogP contribution in [-0.2, 0) is 9.53 Å². The van der Waals surface area contributed by atoms with Crippen LogP contribution in [-0.4, -0.2) is 28.9 Å². The minimum absolute atomic E-state index is 0.133. The fourth-order valence-corrected chi connectivity index (χ4v) is 2.57. The molecule has 0 saturated carbocycles. The SMILES string of the molecule is CC(C)(C)OC(=O)CSCC(=O)c1ccc(Cl)cc1Cl. The molecule has 0 unspecified atom stereocenters. The summed E-state index contributed by atoms with van der Waals surface area (Å²) in [6, 6.07) is 4.72. The van der Waals surface area contributed by atoms with Gasteiger partial charge in [-0.3, -0.25) is 9.59 Å². The minimum Gasteiger partial charge on any atom is -0.459 e. The van der Waals surface area contributed by atoms with E-state index in [1.165, 1.54) is 17.8 Å². The predicted octanol–water partition coefficient (Wildman–Crippen LogP) is 4.25. The van der Waals surface area contributed by atoms with E-state index in [1.54, 1.807) is 32.9 Å². The monoisotopic (exact) mass is 334 g/mol. The number of carbonyl (C=O) groups excluding carboxylic acids is 2. The van der Waals surface area contributed by atoms with Crippen LogP contribution in [0.25, 0.3) is 0 Å². The van der Waals surface area contributed by atoms with Crippen molar-refractivity contribution in [2.75, 3.05) is 11.5 Å². The Kier molecular flexibility index (Phi) is 6.37. The number of halogens is 2. The zero-order valence-corrected chi connectivity index (χ0v) is 13.9. The van der Waals surface area contributed by atoms with E-state index in [0.29, 0.717) is 15.6 Å². The first-order chi connectivity index (χ1) is 9.19. The molecule has 0 aliphatic carbocycles. The Hall–Kier alpha value is -0.710. The van der Waals surface area contributed by atoms with Gasteiger partial charge in [0.15, 0.2) is 5.78 Å². The fourth-order valence-electron chi connectivity index (χ4n) is 1.39. The summed E-state index contributed by atoms with van der Waals surface area (Å²) in [5, 5.41) is 0.799. The van der Waals surface area contributed by atoms with Crippen LogP contribution in [0.15, 0.2) is 18.2 Å². The zero-order valence-electron chi connectivity index (χ0n) is 11.5. The van der Waals surface area contributed by atoms with Crippen molar-refractivity contribution in [2.24, 2.45) is 0 Å². The molecule has 0 amide bonds. The van der Waals surface area contributed by atoms with E-state index in [-0.39, 0.29) is 23.3 Å². The van der Waals surface area contributed by atoms with Crippen LogP contribution in [0.2, 0.25) is 10.0 Å². The van der Waals surface area contributed by atoms with E-state index in [2.05, 4.69) is 0 Å². The molecule has 0 aliphatic heterocycles. The second-order valence-corrected chi connectivity index (χ2v) is 6.96. The molecule has 0 fully saturated rings. The molecule has 0 N–H and O–H groups in total. The number of carbonyl (C=O) groups is 2. The molecule has 0 radical (unpaired) electrons. The standard InChI is InChI=1S/C14H16Cl2O3S/c1-14(2,3)19-13(18)8-20-7-12(17)10-5-4-9(15)6-11(10)16/h4-6H,7-8H2,1-3H3. The van der Waals surface area contributed by atoms with Gasteiger partial charge in [-0.2, -0.15) is 0 Å². The molecular weight excluding hydrogens is 319 g/mol. The van der Waals surface area contributed by atoms with Gasteiger partial charge < -0.3 is 4.74 Å². The maximum absolute atomic E-state index is 11.9. The summed E-state index contributed by atoms with van der Waals surface area (Å²) in [5.41, 5.74) is -0.103. The first kappa shape index (κ1) is 17.3. The van der Waals surface area contributed by atoms with Crippen molar-refractivity contribution < 1.29 is 14.3 Å². The summed E-state index contributed by atoms with van der Waals surface area (Å²) >= 11 is 12.9. The second-order valence-electron chi connectivity index (χ2n) is 5.13. The molecule has 0 aromatic heterocycles. The summed E-state index contributed by atoms with van der Waals surface area (Å²) < 4.78 is 5.15. The molecule has 1 aromatic rings. The Morgan fingerprint density at radius 3 is 2.40 bits per heavy atom. The van der Waals surface area contributed by atoms with Gasteiger partial charge in [0.05, 0.1) is 16.5 Å². The van der Waals surface area contributed by atoms with Crippen LogP contribution in [0, 0.1) is 0 Å². The number of thioether (sulfide) groups is 1. The third-order valence-corrected chi connectivity index (χ3v) is 3.56. The second kappa shape index (κ2) is 7.34. The lowest BCUT2D eigenvalue weighted by molar-refractivity contribution is -0.151. The number of rotatable bonds is 5. The number of esters is 1. The molecule has 1 aromatic carbocycles. The predicted molar refractivity (Wildman–Crippen MR) is 84.0 cm³/mol. The Labute approximate surface area is 133 Å². The van der Waals surface area contributed by atoms with Gasteiger partial charge in [-0.25, -0.2) is 0 Å². The Morgan fingerprint density at radius 1 is 1.20 bits per heavy atom. The molecule has 0 bridgehead atoms. The molecular formula is C14H16Cl2O3S. The molecule has 0 spiro atoms. The van der Waals surface area contributed by atoms with Gasteiger partial charge in [-0.05, 0) is 39.0 Å². The molecule has 1 rings (SSSR count). The zero-order chi connectivity index (χ0) is 15.3. The van der Waals surface area contributed by atoms with Crippen molar-refractivity contribution in [3.63, 3.8) is 0 Å². The van der Waals surface area contributed by atoms with Crippen molar-refractivity contribution in [1.29, 1.82) is 0 Å². The minimum atomic E-state index is -0.513. The van der Waals surface area contributed by atoms with E-state index in [4.69, 9.17) is 27.9 Å². The van der Waals surface area contributed by atoms with Crippen LogP contribution < -0.4 is 0 Å². The van der Waals surface area contributed by atoms with Gasteiger partial charge in [0, 0.05) is 10.6 Å². The Balaban J connectivity index is 2.46. The van der Waals surface area contributed by atoms with Crippen molar-refractivity contribution in [3.05, 3.63) is 33.8 Å². The van der Waals surface area contributed by atoms with Gasteiger partial charge in [0.25, 0.3) is 0 Å². The van der Waals surface area contributed by atoms with Crippen molar-refractivity contribution in [2.45, 2.75) is 26.4 Å². The van der Waals surface area contributed by atoms with Crippen LogP contribution in [0.1, 0.15) is 31.1 Å². The van der Waals surface area contributed by atoms with Gasteiger partial charge in [0.1, 0.15) is 5.60 Å². The first-order valence-electron chi connectivity index (χ1n) is 5.97. The van der Waals surface area contributed by atoms with Crippen LogP contribution in [0.3, 0.4) is 0 Å². The van der Waals surface area contributed by atoms with E-state index in [0.717, 1.165) is 0 Å². The van der Waals surface area contributed by atoms with Crippen molar-refractivity contribution >= 4 is 46.7 Å². The van der Waals surface area contributed by atoms with Gasteiger partial charge in [-0.1, -0.05) is 23.2 Å². The lowest BCUT2D eigenvalue weighted by Crippen LogP contribution is -2.25. The molecule has 0 aliphatic rings. The highest BCUT2D eigenvalue weighted by molar-refractivity contribution is 8.00. The largest absolute Gasteiger partial charge is 0.459 e. The van der Waals surface area contributed by atoms with Crippen molar-refractivity contribution in [3.8, 4) is 0 Å². The summed E-state index contributed by atoms with van der Waals surface area (Å²) in [7, 11) is 0. The topological polar surface area (TPSA) is 43.4 Å². The maximum atomic E-state index is 11.9. The number of ketones is 1. The summed E-state index contributed by atoms with van der Waals surface area (Å²) in [6.45, 7) is 5.40. The van der Waals surface area contributed by atoms with E-state index >= 15 is 0 Å². The molecule has 0 atom stereocenters. The van der Waals surface area contributed by atoms with Gasteiger partial charge in [-0.15, -0.1) is 11.8 Å². The Bertz CT molecular complexity index is 510. The molecule has 6 heteroatoms. The van der Waals surface area contributed by atoms with E-state index in [9.17, 15) is 9.59 Å². The lowest BCUT2D eigenvalue weighted by atomic mass is 10.1. The number of ether oxygens (including phenoxy) is 1. The summed E-state index contributed by atoms with van der Waals surface area (Å²) in [5.74, 6) is -0.174. The normalized spacial score (nSPS) is 11.2. The number of benzene rings is 1. The number of hydrogen-bond acceptors (Lipinski definition) is 4. The average Bonchev–Trinajstić information content (AvgIpc) is 2.25. The quantitative estimate of drug-likeness (QED) is 0.596.